The van der Waals surface area contributed by atoms with Gasteiger partial charge in [0.05, 0.1) is 5.56 Å². The lowest BCUT2D eigenvalue weighted by molar-refractivity contribution is 0.620. The van der Waals surface area contributed by atoms with Gasteiger partial charge in [-0.25, -0.2) is 9.37 Å². The van der Waals surface area contributed by atoms with Gasteiger partial charge in [-0.3, -0.25) is 0 Å². The van der Waals surface area contributed by atoms with Gasteiger partial charge < -0.3 is 4.42 Å². The molecule has 4 aromatic carbocycles. The Morgan fingerprint density at radius 3 is 1.84 bits per heavy atom. The van der Waals surface area contributed by atoms with E-state index in [1.54, 1.807) is 0 Å². The third kappa shape index (κ3) is 2.98. The zero-order valence-corrected chi connectivity index (χ0v) is 17.1. The van der Waals surface area contributed by atoms with Crippen LogP contribution in [0.25, 0.3) is 55.6 Å². The number of hydrogen-bond acceptors (Lipinski definition) is 2. The summed E-state index contributed by atoms with van der Waals surface area (Å²) in [5.41, 5.74) is 6.28. The van der Waals surface area contributed by atoms with E-state index in [2.05, 4.69) is 12.1 Å². The highest BCUT2D eigenvalue weighted by Crippen LogP contribution is 2.40. The summed E-state index contributed by atoms with van der Waals surface area (Å²) in [5.74, 6) is -0.379. The molecule has 0 aliphatic carbocycles. The number of hydrogen-bond donors (Lipinski definition) is 0. The summed E-state index contributed by atoms with van der Waals surface area (Å²) in [7, 11) is 0. The molecule has 0 spiro atoms. The summed E-state index contributed by atoms with van der Waals surface area (Å²) >= 11 is 0. The Morgan fingerprint density at radius 1 is 0.562 bits per heavy atom. The molecule has 3 heteroatoms. The predicted octanol–water partition coefficient (Wildman–Crippen LogP) is 8.12. The number of benzene rings is 4. The van der Waals surface area contributed by atoms with E-state index in [1.165, 1.54) is 0 Å². The van der Waals surface area contributed by atoms with Gasteiger partial charge in [0.2, 0.25) is 0 Å². The monoisotopic (exact) mass is 415 g/mol. The first-order chi connectivity index (χ1) is 15.8. The largest absolute Gasteiger partial charge is 0.454 e. The van der Waals surface area contributed by atoms with Crippen LogP contribution < -0.4 is 0 Å². The summed E-state index contributed by atoms with van der Waals surface area (Å²) in [5, 5.41) is 0.877. The van der Waals surface area contributed by atoms with Crippen LogP contribution in [0.3, 0.4) is 0 Å². The Kier molecular flexibility index (Phi) is 4.32. The second-order valence-corrected chi connectivity index (χ2v) is 7.73. The lowest BCUT2D eigenvalue weighted by atomic mass is 9.98. The molecule has 0 saturated carbocycles. The van der Waals surface area contributed by atoms with Crippen LogP contribution in [0.5, 0.6) is 0 Å². The highest BCUT2D eigenvalue weighted by molar-refractivity contribution is 6.08. The van der Waals surface area contributed by atoms with Crippen LogP contribution in [0.15, 0.2) is 114 Å². The first-order valence-electron chi connectivity index (χ1n) is 10.5. The van der Waals surface area contributed by atoms with E-state index in [0.29, 0.717) is 27.9 Å². The van der Waals surface area contributed by atoms with E-state index in [0.717, 1.165) is 27.6 Å². The molecule has 6 rings (SSSR count). The molecule has 2 nitrogen and oxygen atoms in total. The molecule has 0 N–H and O–H groups in total. The van der Waals surface area contributed by atoms with Crippen molar-refractivity contribution in [2.24, 2.45) is 0 Å². The fourth-order valence-electron chi connectivity index (χ4n) is 4.20. The Hall–Kier alpha value is -4.24. The van der Waals surface area contributed by atoms with Gasteiger partial charge in [0, 0.05) is 10.9 Å². The number of furan rings is 1. The van der Waals surface area contributed by atoms with E-state index < -0.39 is 0 Å². The van der Waals surface area contributed by atoms with Crippen molar-refractivity contribution in [1.82, 2.24) is 4.98 Å². The molecule has 0 saturated heterocycles. The maximum atomic E-state index is 16.0. The van der Waals surface area contributed by atoms with Gasteiger partial charge in [-0.1, -0.05) is 97.1 Å². The molecule has 152 valence electrons. The summed E-state index contributed by atoms with van der Waals surface area (Å²) in [6.07, 6.45) is 0. The van der Waals surface area contributed by atoms with Crippen LogP contribution in [0, 0.1) is 5.82 Å². The summed E-state index contributed by atoms with van der Waals surface area (Å²) < 4.78 is 22.1. The second kappa shape index (κ2) is 7.47. The lowest BCUT2D eigenvalue weighted by Crippen LogP contribution is -1.95. The molecule has 0 aliphatic rings. The van der Waals surface area contributed by atoms with Crippen LogP contribution in [-0.4, -0.2) is 4.98 Å². The van der Waals surface area contributed by atoms with Crippen LogP contribution in [0.1, 0.15) is 0 Å². The van der Waals surface area contributed by atoms with Crippen LogP contribution in [-0.2, 0) is 0 Å². The Bertz CT molecular complexity index is 1550. The molecule has 0 atom stereocenters. The molecule has 6 aromatic rings. The molecule has 0 radical (unpaired) electrons. The van der Waals surface area contributed by atoms with E-state index in [4.69, 9.17) is 9.40 Å². The summed E-state index contributed by atoms with van der Waals surface area (Å²) in [6, 6.07) is 35.2. The van der Waals surface area contributed by atoms with Crippen molar-refractivity contribution in [2.75, 3.05) is 0 Å². The minimum absolute atomic E-state index is 0.326. The number of fused-ring (bicyclic) bond motifs is 3. The van der Waals surface area contributed by atoms with E-state index in [-0.39, 0.29) is 5.82 Å². The zero-order valence-electron chi connectivity index (χ0n) is 17.1. The van der Waals surface area contributed by atoms with Gasteiger partial charge in [-0.05, 0) is 28.8 Å². The average Bonchev–Trinajstić information content (AvgIpc) is 3.23. The molecule has 0 unspecified atom stereocenters. The van der Waals surface area contributed by atoms with Gasteiger partial charge in [0.1, 0.15) is 16.8 Å². The summed E-state index contributed by atoms with van der Waals surface area (Å²) in [6.45, 7) is 0. The third-order valence-corrected chi connectivity index (χ3v) is 5.78. The van der Waals surface area contributed by atoms with Crippen LogP contribution in [0.2, 0.25) is 0 Å². The number of pyridine rings is 1. The van der Waals surface area contributed by atoms with Crippen molar-refractivity contribution < 1.29 is 8.81 Å². The van der Waals surface area contributed by atoms with Gasteiger partial charge in [-0.2, -0.15) is 0 Å². The molecule has 0 aliphatic heterocycles. The van der Waals surface area contributed by atoms with Crippen LogP contribution in [0.4, 0.5) is 4.39 Å². The molecule has 2 aromatic heterocycles. The predicted molar refractivity (Wildman–Crippen MR) is 128 cm³/mol. The van der Waals surface area contributed by atoms with Crippen molar-refractivity contribution in [3.05, 3.63) is 115 Å². The quantitative estimate of drug-likeness (QED) is 0.292. The number of nitrogens with zero attached hydrogens (tertiary/aromatic N) is 1. The molecule has 0 fully saturated rings. The maximum absolute atomic E-state index is 16.0. The fraction of sp³-hybridized carbons (Fsp3) is 0. The topological polar surface area (TPSA) is 26.0 Å². The first kappa shape index (κ1) is 18.5. The Morgan fingerprint density at radius 2 is 1.12 bits per heavy atom. The van der Waals surface area contributed by atoms with Gasteiger partial charge in [0.15, 0.2) is 11.4 Å². The third-order valence-electron chi connectivity index (χ3n) is 5.78. The molecule has 0 bridgehead atoms. The highest BCUT2D eigenvalue weighted by atomic mass is 19.1. The number of halogens is 1. The van der Waals surface area contributed by atoms with E-state index in [1.807, 2.05) is 97.1 Å². The average molecular weight is 415 g/mol. The highest BCUT2D eigenvalue weighted by Gasteiger charge is 2.22. The molecular formula is C29H18FNO. The molecule has 0 amide bonds. The van der Waals surface area contributed by atoms with Crippen molar-refractivity contribution >= 4 is 22.1 Å². The van der Waals surface area contributed by atoms with Crippen LogP contribution >= 0.6 is 0 Å². The second-order valence-electron chi connectivity index (χ2n) is 7.73. The zero-order chi connectivity index (χ0) is 21.5. The Balaban J connectivity index is 1.62. The standard InChI is InChI=1S/C29H18FNO/c30-26-25(21-17-15-20(16-18-21)19-9-3-1-4-10-19)29-28(23-13-7-8-14-24(23)32-29)31-27(26)22-11-5-2-6-12-22/h1-18H. The van der Waals surface area contributed by atoms with Crippen molar-refractivity contribution in [3.8, 4) is 33.5 Å². The Labute approximate surface area is 184 Å². The first-order valence-corrected chi connectivity index (χ1v) is 10.5. The number of rotatable bonds is 3. The lowest BCUT2D eigenvalue weighted by Gasteiger charge is -2.10. The summed E-state index contributed by atoms with van der Waals surface area (Å²) in [4.78, 5) is 4.72. The molecule has 32 heavy (non-hydrogen) atoms. The fourth-order valence-corrected chi connectivity index (χ4v) is 4.20. The smallest absolute Gasteiger partial charge is 0.164 e. The van der Waals surface area contributed by atoms with Gasteiger partial charge >= 0.3 is 0 Å². The minimum atomic E-state index is -0.379. The SMILES string of the molecule is Fc1c(-c2ccccc2)nc2c(oc3ccccc32)c1-c1ccc(-c2ccccc2)cc1. The van der Waals surface area contributed by atoms with Gasteiger partial charge in [0.25, 0.3) is 0 Å². The van der Waals surface area contributed by atoms with Crippen molar-refractivity contribution in [1.29, 1.82) is 0 Å². The maximum Gasteiger partial charge on any atom is 0.164 e. The number of aromatic nitrogens is 1. The van der Waals surface area contributed by atoms with E-state index >= 15 is 4.39 Å². The molecular weight excluding hydrogens is 397 g/mol. The van der Waals surface area contributed by atoms with Crippen molar-refractivity contribution in [2.45, 2.75) is 0 Å². The number of para-hydroxylation sites is 1. The van der Waals surface area contributed by atoms with Gasteiger partial charge in [-0.15, -0.1) is 0 Å². The van der Waals surface area contributed by atoms with Crippen molar-refractivity contribution in [3.63, 3.8) is 0 Å². The molecule has 2 heterocycles. The van der Waals surface area contributed by atoms with E-state index in [9.17, 15) is 0 Å². The minimum Gasteiger partial charge on any atom is -0.454 e. The normalized spacial score (nSPS) is 11.3.